The molecule has 0 radical (unpaired) electrons. The van der Waals surface area contributed by atoms with Crippen LogP contribution in [0.3, 0.4) is 0 Å². The predicted octanol–water partition coefficient (Wildman–Crippen LogP) is 4.05. The van der Waals surface area contributed by atoms with Gasteiger partial charge in [0, 0.05) is 17.8 Å². The van der Waals surface area contributed by atoms with Crippen LogP contribution < -0.4 is 4.90 Å². The summed E-state index contributed by atoms with van der Waals surface area (Å²) < 4.78 is 4.78. The van der Waals surface area contributed by atoms with E-state index in [1.54, 1.807) is 17.0 Å². The highest BCUT2D eigenvalue weighted by molar-refractivity contribution is 6.08. The highest BCUT2D eigenvalue weighted by Crippen LogP contribution is 2.31. The maximum atomic E-state index is 13.1. The molecule has 2 aromatic carbocycles. The molecule has 0 saturated carbocycles. The van der Waals surface area contributed by atoms with Gasteiger partial charge in [0.05, 0.1) is 29.6 Å². The van der Waals surface area contributed by atoms with E-state index in [4.69, 9.17) is 4.74 Å². The number of carbonyl (C=O) groups excluding carboxylic acids is 2. The van der Waals surface area contributed by atoms with Crippen LogP contribution in [-0.4, -0.2) is 30.5 Å². The summed E-state index contributed by atoms with van der Waals surface area (Å²) in [6.45, 7) is 2.44. The quantitative estimate of drug-likeness (QED) is 0.651. The largest absolute Gasteiger partial charge is 0.465 e. The molecule has 0 atom stereocenters. The summed E-state index contributed by atoms with van der Waals surface area (Å²) in [7, 11) is 1.36. The first kappa shape index (κ1) is 17.9. The van der Waals surface area contributed by atoms with Gasteiger partial charge in [-0.2, -0.15) is 0 Å². The second-order valence-electron chi connectivity index (χ2n) is 6.74. The van der Waals surface area contributed by atoms with Crippen molar-refractivity contribution in [1.29, 1.82) is 0 Å². The molecular weight excluding hydrogens is 352 g/mol. The van der Waals surface area contributed by atoms with Gasteiger partial charge in [0.1, 0.15) is 0 Å². The van der Waals surface area contributed by atoms with Crippen molar-refractivity contribution in [2.24, 2.45) is 0 Å². The standard InChI is InChI=1S/C23H20N2O3/c1-15-19(9-10-20(24-15)16-6-4-3-5-7-16)22(26)25-13-12-17-14-18(23(27)28-2)8-11-21(17)25/h3-11,14H,12-13H2,1-2H3. The van der Waals surface area contributed by atoms with Crippen molar-refractivity contribution >= 4 is 17.6 Å². The van der Waals surface area contributed by atoms with Crippen molar-refractivity contribution in [2.75, 3.05) is 18.6 Å². The van der Waals surface area contributed by atoms with E-state index in [-0.39, 0.29) is 11.9 Å². The van der Waals surface area contributed by atoms with E-state index in [0.29, 0.717) is 29.8 Å². The Balaban J connectivity index is 1.62. The molecule has 0 saturated heterocycles. The molecule has 140 valence electrons. The third-order valence-electron chi connectivity index (χ3n) is 5.03. The van der Waals surface area contributed by atoms with Gasteiger partial charge in [0.2, 0.25) is 0 Å². The molecule has 5 heteroatoms. The zero-order chi connectivity index (χ0) is 19.7. The molecule has 0 unspecified atom stereocenters. The highest BCUT2D eigenvalue weighted by atomic mass is 16.5. The average Bonchev–Trinajstić information content (AvgIpc) is 3.16. The lowest BCUT2D eigenvalue weighted by Gasteiger charge is -2.19. The molecule has 2 heterocycles. The minimum atomic E-state index is -0.371. The van der Waals surface area contributed by atoms with Gasteiger partial charge in [0.15, 0.2) is 0 Å². The number of methoxy groups -OCH3 is 1. The minimum absolute atomic E-state index is 0.0748. The van der Waals surface area contributed by atoms with Crippen LogP contribution in [0.25, 0.3) is 11.3 Å². The second-order valence-corrected chi connectivity index (χ2v) is 6.74. The summed E-state index contributed by atoms with van der Waals surface area (Å²) in [6, 6.07) is 18.9. The van der Waals surface area contributed by atoms with Crippen LogP contribution in [0.1, 0.15) is 32.0 Å². The molecule has 4 rings (SSSR count). The fourth-order valence-corrected chi connectivity index (χ4v) is 3.56. The second kappa shape index (κ2) is 7.27. The fraction of sp³-hybridized carbons (Fsp3) is 0.174. The van der Waals surface area contributed by atoms with E-state index in [1.165, 1.54) is 7.11 Å². The SMILES string of the molecule is COC(=O)c1ccc2c(c1)CCN2C(=O)c1ccc(-c2ccccc2)nc1C. The zero-order valence-electron chi connectivity index (χ0n) is 15.8. The molecule has 0 N–H and O–H groups in total. The number of anilines is 1. The summed E-state index contributed by atoms with van der Waals surface area (Å²) in [5.41, 5.74) is 5.47. The van der Waals surface area contributed by atoms with E-state index in [9.17, 15) is 9.59 Å². The number of pyridine rings is 1. The number of nitrogens with zero attached hydrogens (tertiary/aromatic N) is 2. The van der Waals surface area contributed by atoms with Crippen molar-refractivity contribution in [2.45, 2.75) is 13.3 Å². The van der Waals surface area contributed by atoms with Crippen molar-refractivity contribution in [3.8, 4) is 11.3 Å². The number of carbonyl (C=O) groups is 2. The topological polar surface area (TPSA) is 59.5 Å². The Morgan fingerprint density at radius 1 is 1.04 bits per heavy atom. The molecular formula is C23H20N2O3. The van der Waals surface area contributed by atoms with E-state index in [1.807, 2.05) is 55.5 Å². The number of amides is 1. The van der Waals surface area contributed by atoms with Crippen molar-refractivity contribution in [1.82, 2.24) is 4.98 Å². The van der Waals surface area contributed by atoms with Crippen LogP contribution in [0, 0.1) is 6.92 Å². The van der Waals surface area contributed by atoms with Gasteiger partial charge in [-0.1, -0.05) is 30.3 Å². The lowest BCUT2D eigenvalue weighted by atomic mass is 10.1. The summed E-state index contributed by atoms with van der Waals surface area (Å²) in [5, 5.41) is 0. The minimum Gasteiger partial charge on any atom is -0.465 e. The first-order chi connectivity index (χ1) is 13.6. The lowest BCUT2D eigenvalue weighted by Crippen LogP contribution is -2.29. The van der Waals surface area contributed by atoms with Gasteiger partial charge in [0.25, 0.3) is 5.91 Å². The molecule has 28 heavy (non-hydrogen) atoms. The number of esters is 1. The molecule has 0 spiro atoms. The molecule has 5 nitrogen and oxygen atoms in total. The van der Waals surface area contributed by atoms with E-state index >= 15 is 0 Å². The smallest absolute Gasteiger partial charge is 0.337 e. The molecule has 0 fully saturated rings. The zero-order valence-corrected chi connectivity index (χ0v) is 15.8. The maximum absolute atomic E-state index is 13.1. The van der Waals surface area contributed by atoms with Crippen LogP contribution in [0.5, 0.6) is 0 Å². The summed E-state index contributed by atoms with van der Waals surface area (Å²) in [5.74, 6) is -0.446. The third-order valence-corrected chi connectivity index (χ3v) is 5.03. The monoisotopic (exact) mass is 372 g/mol. The Morgan fingerprint density at radius 3 is 2.54 bits per heavy atom. The first-order valence-electron chi connectivity index (χ1n) is 9.14. The van der Waals surface area contributed by atoms with Crippen molar-refractivity contribution in [3.63, 3.8) is 0 Å². The Morgan fingerprint density at radius 2 is 1.82 bits per heavy atom. The molecule has 1 aromatic heterocycles. The van der Waals surface area contributed by atoms with Crippen molar-refractivity contribution in [3.05, 3.63) is 83.0 Å². The number of hydrogen-bond acceptors (Lipinski definition) is 4. The number of hydrogen-bond donors (Lipinski definition) is 0. The van der Waals surface area contributed by atoms with Gasteiger partial charge in [-0.3, -0.25) is 9.78 Å². The average molecular weight is 372 g/mol. The molecule has 3 aromatic rings. The molecule has 0 bridgehead atoms. The van der Waals surface area contributed by atoms with Crippen LogP contribution in [0.4, 0.5) is 5.69 Å². The Labute approximate surface area is 163 Å². The van der Waals surface area contributed by atoms with Gasteiger partial charge >= 0.3 is 5.97 Å². The van der Waals surface area contributed by atoms with Gasteiger partial charge < -0.3 is 9.64 Å². The number of aryl methyl sites for hydroxylation is 1. The van der Waals surface area contributed by atoms with Crippen LogP contribution in [0.15, 0.2) is 60.7 Å². The number of rotatable bonds is 3. The van der Waals surface area contributed by atoms with E-state index in [0.717, 1.165) is 22.5 Å². The summed E-state index contributed by atoms with van der Waals surface area (Å²) >= 11 is 0. The number of fused-ring (bicyclic) bond motifs is 1. The fourth-order valence-electron chi connectivity index (χ4n) is 3.56. The normalized spacial score (nSPS) is 12.6. The van der Waals surface area contributed by atoms with Crippen LogP contribution >= 0.6 is 0 Å². The Kier molecular flexibility index (Phi) is 4.65. The van der Waals surface area contributed by atoms with Gasteiger partial charge in [-0.25, -0.2) is 4.79 Å². The number of aromatic nitrogens is 1. The number of benzene rings is 2. The van der Waals surface area contributed by atoms with Crippen molar-refractivity contribution < 1.29 is 14.3 Å². The summed E-state index contributed by atoms with van der Waals surface area (Å²) in [6.07, 6.45) is 0.709. The highest BCUT2D eigenvalue weighted by Gasteiger charge is 2.27. The molecule has 1 amide bonds. The maximum Gasteiger partial charge on any atom is 0.337 e. The van der Waals surface area contributed by atoms with E-state index < -0.39 is 0 Å². The molecule has 0 aliphatic carbocycles. The third kappa shape index (κ3) is 3.16. The first-order valence-corrected chi connectivity index (χ1v) is 9.14. The Bertz CT molecular complexity index is 1060. The van der Waals surface area contributed by atoms with Gasteiger partial charge in [-0.15, -0.1) is 0 Å². The molecule has 1 aliphatic rings. The summed E-state index contributed by atoms with van der Waals surface area (Å²) in [4.78, 5) is 31.3. The van der Waals surface area contributed by atoms with Gasteiger partial charge in [-0.05, 0) is 49.2 Å². The van der Waals surface area contributed by atoms with Crippen LogP contribution in [-0.2, 0) is 11.2 Å². The number of ether oxygens (including phenoxy) is 1. The van der Waals surface area contributed by atoms with Crippen LogP contribution in [0.2, 0.25) is 0 Å². The predicted molar refractivity (Wildman–Crippen MR) is 108 cm³/mol. The van der Waals surface area contributed by atoms with E-state index in [2.05, 4.69) is 4.98 Å². The molecule has 1 aliphatic heterocycles. The Hall–Kier alpha value is -3.47. The lowest BCUT2D eigenvalue weighted by molar-refractivity contribution is 0.0600.